The molecule has 0 radical (unpaired) electrons. The maximum absolute atomic E-state index is 12.2. The van der Waals surface area contributed by atoms with Crippen LogP contribution < -0.4 is 0 Å². The lowest BCUT2D eigenvalue weighted by Crippen LogP contribution is -2.28. The Kier molecular flexibility index (Phi) is 3.40. The molecule has 1 aromatic rings. The van der Waals surface area contributed by atoms with E-state index in [4.69, 9.17) is 11.6 Å². The average Bonchev–Trinajstić information content (AvgIpc) is 2.89. The van der Waals surface area contributed by atoms with Crippen molar-refractivity contribution in [2.45, 2.75) is 19.3 Å². The number of Topliss-reactive ketones (excluding diaryl/α,β-unsaturated/α-hetero) is 1. The number of hydrogen-bond acceptors (Lipinski definition) is 2. The fourth-order valence-electron chi connectivity index (χ4n) is 3.42. The maximum atomic E-state index is 12.2. The number of rotatable bonds is 3. The van der Waals surface area contributed by atoms with Crippen LogP contribution in [0.5, 0.6) is 0 Å². The third-order valence-corrected chi connectivity index (χ3v) is 4.55. The summed E-state index contributed by atoms with van der Waals surface area (Å²) in [6.07, 6.45) is 4.09. The van der Waals surface area contributed by atoms with Gasteiger partial charge in [-0.1, -0.05) is 30.2 Å². The monoisotopic (exact) mass is 263 g/mol. The van der Waals surface area contributed by atoms with Crippen molar-refractivity contribution < 1.29 is 4.79 Å². The molecule has 96 valence electrons. The number of fused-ring (bicyclic) bond motifs is 1. The Morgan fingerprint density at radius 1 is 1.28 bits per heavy atom. The number of nitrogens with zero attached hydrogens (tertiary/aromatic N) is 1. The number of likely N-dealkylation sites (tertiary alicyclic amines) is 1. The van der Waals surface area contributed by atoms with Crippen molar-refractivity contribution >= 4 is 17.4 Å². The number of carbonyl (C=O) groups excluding carboxylic acids is 1. The van der Waals surface area contributed by atoms with Gasteiger partial charge < -0.3 is 0 Å². The summed E-state index contributed by atoms with van der Waals surface area (Å²) in [6, 6.07) is 7.26. The molecule has 2 nitrogen and oxygen atoms in total. The summed E-state index contributed by atoms with van der Waals surface area (Å²) in [7, 11) is 0. The van der Waals surface area contributed by atoms with Gasteiger partial charge in [-0.15, -0.1) is 0 Å². The highest BCUT2D eigenvalue weighted by molar-refractivity contribution is 6.31. The smallest absolute Gasteiger partial charge is 0.176 e. The van der Waals surface area contributed by atoms with Gasteiger partial charge in [0.1, 0.15) is 0 Å². The van der Waals surface area contributed by atoms with E-state index in [0.29, 0.717) is 11.6 Å². The lowest BCUT2D eigenvalue weighted by Gasteiger charge is -2.15. The summed E-state index contributed by atoms with van der Waals surface area (Å²) in [5.74, 6) is 1.88. The van der Waals surface area contributed by atoms with E-state index < -0.39 is 0 Å². The van der Waals surface area contributed by atoms with E-state index in [1.54, 1.807) is 12.1 Å². The van der Waals surface area contributed by atoms with Crippen LogP contribution >= 0.6 is 11.6 Å². The Labute approximate surface area is 113 Å². The van der Waals surface area contributed by atoms with Crippen molar-refractivity contribution in [1.29, 1.82) is 0 Å². The number of halogens is 1. The van der Waals surface area contributed by atoms with E-state index in [0.717, 1.165) is 30.5 Å². The lowest BCUT2D eigenvalue weighted by molar-refractivity contribution is 0.0941. The molecular weight excluding hydrogens is 246 g/mol. The molecule has 0 N–H and O–H groups in total. The van der Waals surface area contributed by atoms with E-state index in [1.807, 2.05) is 12.1 Å². The Morgan fingerprint density at radius 3 is 2.67 bits per heavy atom. The molecule has 3 heteroatoms. The quantitative estimate of drug-likeness (QED) is 0.781. The van der Waals surface area contributed by atoms with E-state index in [-0.39, 0.29) is 5.78 Å². The van der Waals surface area contributed by atoms with E-state index in [1.165, 1.54) is 19.3 Å². The Balaban J connectivity index is 1.62. The molecule has 2 fully saturated rings. The molecule has 2 atom stereocenters. The first kappa shape index (κ1) is 12.2. The van der Waals surface area contributed by atoms with Gasteiger partial charge >= 0.3 is 0 Å². The molecule has 1 saturated heterocycles. The molecule has 0 bridgehead atoms. The van der Waals surface area contributed by atoms with Crippen molar-refractivity contribution in [3.63, 3.8) is 0 Å². The van der Waals surface area contributed by atoms with Crippen molar-refractivity contribution in [3.8, 4) is 0 Å². The fraction of sp³-hybridized carbons (Fsp3) is 0.533. The fourth-order valence-corrected chi connectivity index (χ4v) is 3.61. The molecule has 2 aliphatic rings. The maximum Gasteiger partial charge on any atom is 0.176 e. The van der Waals surface area contributed by atoms with Crippen molar-refractivity contribution in [2.24, 2.45) is 11.8 Å². The second-order valence-electron chi connectivity index (χ2n) is 5.58. The van der Waals surface area contributed by atoms with Crippen molar-refractivity contribution in [3.05, 3.63) is 34.9 Å². The Bertz CT molecular complexity index is 448. The third kappa shape index (κ3) is 2.45. The molecule has 0 spiro atoms. The van der Waals surface area contributed by atoms with E-state index >= 15 is 0 Å². The Morgan fingerprint density at radius 2 is 2.00 bits per heavy atom. The summed E-state index contributed by atoms with van der Waals surface area (Å²) in [6.45, 7) is 2.77. The van der Waals surface area contributed by atoms with Gasteiger partial charge in [-0.3, -0.25) is 9.69 Å². The minimum absolute atomic E-state index is 0.192. The zero-order chi connectivity index (χ0) is 12.5. The van der Waals surface area contributed by atoms with Gasteiger partial charge in [-0.25, -0.2) is 0 Å². The highest BCUT2D eigenvalue weighted by Gasteiger charge is 2.36. The standard InChI is InChI=1S/C15H18ClNO/c16-14-6-2-3-11(7-14)15(18)10-17-8-12-4-1-5-13(12)9-17/h2-3,6-7,12-13H,1,4-5,8-10H2. The third-order valence-electron chi connectivity index (χ3n) is 4.32. The normalized spacial score (nSPS) is 27.4. The van der Waals surface area contributed by atoms with Gasteiger partial charge in [0.2, 0.25) is 0 Å². The predicted octanol–water partition coefficient (Wildman–Crippen LogP) is 3.25. The van der Waals surface area contributed by atoms with Gasteiger partial charge in [-0.05, 0) is 36.8 Å². The van der Waals surface area contributed by atoms with Gasteiger partial charge in [0.05, 0.1) is 6.54 Å². The molecular formula is C15H18ClNO. The van der Waals surface area contributed by atoms with Crippen molar-refractivity contribution in [1.82, 2.24) is 4.90 Å². The first-order valence-electron chi connectivity index (χ1n) is 6.73. The van der Waals surface area contributed by atoms with Crippen LogP contribution in [0.1, 0.15) is 29.6 Å². The molecule has 1 aliphatic carbocycles. The molecule has 1 saturated carbocycles. The van der Waals surface area contributed by atoms with Crippen LogP contribution in [0.2, 0.25) is 5.02 Å². The summed E-state index contributed by atoms with van der Waals surface area (Å²) in [5, 5.41) is 0.638. The van der Waals surface area contributed by atoms with Crippen LogP contribution in [-0.2, 0) is 0 Å². The van der Waals surface area contributed by atoms with E-state index in [9.17, 15) is 4.79 Å². The molecule has 1 aliphatic heterocycles. The SMILES string of the molecule is O=C(CN1CC2CCCC2C1)c1cccc(Cl)c1. The second kappa shape index (κ2) is 5.02. The molecule has 2 unspecified atom stereocenters. The summed E-state index contributed by atoms with van der Waals surface area (Å²) in [5.41, 5.74) is 0.736. The number of ketones is 1. The molecule has 0 amide bonds. The molecule has 0 aromatic heterocycles. The summed E-state index contributed by atoms with van der Waals surface area (Å²) >= 11 is 5.92. The number of benzene rings is 1. The first-order chi connectivity index (χ1) is 8.72. The predicted molar refractivity (Wildman–Crippen MR) is 73.1 cm³/mol. The van der Waals surface area contributed by atoms with Gasteiger partial charge in [0.25, 0.3) is 0 Å². The van der Waals surface area contributed by atoms with Crippen molar-refractivity contribution in [2.75, 3.05) is 19.6 Å². The minimum atomic E-state index is 0.192. The van der Waals surface area contributed by atoms with Crippen LogP contribution in [0.3, 0.4) is 0 Å². The minimum Gasteiger partial charge on any atom is -0.295 e. The zero-order valence-electron chi connectivity index (χ0n) is 10.4. The highest BCUT2D eigenvalue weighted by Crippen LogP contribution is 2.37. The van der Waals surface area contributed by atoms with Gasteiger partial charge in [-0.2, -0.15) is 0 Å². The second-order valence-corrected chi connectivity index (χ2v) is 6.02. The van der Waals surface area contributed by atoms with Gasteiger partial charge in [0.15, 0.2) is 5.78 Å². The zero-order valence-corrected chi connectivity index (χ0v) is 11.2. The average molecular weight is 264 g/mol. The van der Waals surface area contributed by atoms with E-state index in [2.05, 4.69) is 4.90 Å². The molecule has 18 heavy (non-hydrogen) atoms. The first-order valence-corrected chi connectivity index (χ1v) is 7.11. The van der Waals surface area contributed by atoms with Crippen LogP contribution in [0, 0.1) is 11.8 Å². The summed E-state index contributed by atoms with van der Waals surface area (Å²) in [4.78, 5) is 14.5. The van der Waals surface area contributed by atoms with Crippen LogP contribution in [-0.4, -0.2) is 30.3 Å². The lowest BCUT2D eigenvalue weighted by atomic mass is 10.0. The number of carbonyl (C=O) groups is 1. The molecule has 1 aromatic carbocycles. The van der Waals surface area contributed by atoms with Crippen LogP contribution in [0.4, 0.5) is 0 Å². The molecule has 1 heterocycles. The van der Waals surface area contributed by atoms with Crippen LogP contribution in [0.25, 0.3) is 0 Å². The number of hydrogen-bond donors (Lipinski definition) is 0. The summed E-state index contributed by atoms with van der Waals surface area (Å²) < 4.78 is 0. The Hall–Kier alpha value is -0.860. The van der Waals surface area contributed by atoms with Gasteiger partial charge in [0, 0.05) is 23.7 Å². The molecule has 3 rings (SSSR count). The van der Waals surface area contributed by atoms with Crippen LogP contribution in [0.15, 0.2) is 24.3 Å². The topological polar surface area (TPSA) is 20.3 Å². The largest absolute Gasteiger partial charge is 0.295 e. The highest BCUT2D eigenvalue weighted by atomic mass is 35.5.